The first-order chi connectivity index (χ1) is 18.4. The Balaban J connectivity index is 1.59. The van der Waals surface area contributed by atoms with Gasteiger partial charge in [0.05, 0.1) is 13.0 Å². The van der Waals surface area contributed by atoms with E-state index in [2.05, 4.69) is 21.1 Å². The molecule has 2 atom stereocenters. The summed E-state index contributed by atoms with van der Waals surface area (Å²) >= 11 is 0. The molecule has 0 unspecified atom stereocenters. The Hall–Kier alpha value is -3.05. The summed E-state index contributed by atoms with van der Waals surface area (Å²) in [6, 6.07) is -1.64. The number of amides is 4. The van der Waals surface area contributed by atoms with E-state index in [-0.39, 0.29) is 37.4 Å². The molecule has 214 valence electrons. The number of carbonyl (C=O) groups excluding carboxylic acids is 4. The first kappa shape index (κ1) is 29.5. The zero-order valence-corrected chi connectivity index (χ0v) is 22.7. The second-order valence-electron chi connectivity index (χ2n) is 10.7. The van der Waals surface area contributed by atoms with E-state index in [1.54, 1.807) is 13.3 Å². The third-order valence-electron chi connectivity index (χ3n) is 7.51. The van der Waals surface area contributed by atoms with E-state index in [0.717, 1.165) is 64.5 Å². The van der Waals surface area contributed by atoms with Gasteiger partial charge in [0.2, 0.25) is 11.8 Å². The number of likely N-dealkylation sites (tertiary alicyclic amines) is 1. The van der Waals surface area contributed by atoms with Gasteiger partial charge in [-0.1, -0.05) is 19.3 Å². The lowest BCUT2D eigenvalue weighted by Gasteiger charge is -2.31. The number of urea groups is 1. The molecule has 1 aliphatic heterocycles. The maximum atomic E-state index is 13.5. The molecular formula is C26H45N7O5. The fourth-order valence-electron chi connectivity index (χ4n) is 5.34. The van der Waals surface area contributed by atoms with Gasteiger partial charge in [-0.2, -0.15) is 5.10 Å². The van der Waals surface area contributed by atoms with Crippen LogP contribution in [-0.4, -0.2) is 91.4 Å². The Morgan fingerprint density at radius 1 is 1.03 bits per heavy atom. The maximum Gasteiger partial charge on any atom is 0.325 e. The molecule has 12 heteroatoms. The summed E-state index contributed by atoms with van der Waals surface area (Å²) in [6.45, 7) is 4.34. The van der Waals surface area contributed by atoms with Crippen LogP contribution in [0.5, 0.6) is 0 Å². The van der Waals surface area contributed by atoms with Crippen LogP contribution in [0.2, 0.25) is 0 Å². The lowest BCUT2D eigenvalue weighted by molar-refractivity contribution is -0.150. The standard InChI is InChI=1S/C26H45N7O5/c1-2-38-24(35)17-33(21-10-11-21)25(36)22(31-26(37)29-14-19-7-4-3-5-8-19)13-23(34)28-15-20-9-6-12-32(16-20)18-30-27/h18-22H,2-17,27H2,1H3,(H,28,34)(H2,29,31,37)/t20-,22-/m0/s1. The van der Waals surface area contributed by atoms with Crippen molar-refractivity contribution in [2.45, 2.75) is 83.2 Å². The molecule has 12 nitrogen and oxygen atoms in total. The van der Waals surface area contributed by atoms with Crippen LogP contribution in [0.4, 0.5) is 4.79 Å². The average molecular weight is 536 g/mol. The number of hydrogen-bond donors (Lipinski definition) is 4. The molecule has 1 saturated heterocycles. The molecule has 0 aromatic carbocycles. The van der Waals surface area contributed by atoms with Gasteiger partial charge in [-0.15, -0.1) is 0 Å². The smallest absolute Gasteiger partial charge is 0.325 e. The first-order valence-electron chi connectivity index (χ1n) is 14.1. The van der Waals surface area contributed by atoms with E-state index in [4.69, 9.17) is 10.6 Å². The summed E-state index contributed by atoms with van der Waals surface area (Å²) < 4.78 is 5.05. The summed E-state index contributed by atoms with van der Waals surface area (Å²) in [4.78, 5) is 54.9. The van der Waals surface area contributed by atoms with Crippen molar-refractivity contribution in [3.8, 4) is 0 Å². The van der Waals surface area contributed by atoms with Crippen LogP contribution in [0.25, 0.3) is 0 Å². The molecule has 2 aliphatic carbocycles. The molecule has 0 aromatic heterocycles. The van der Waals surface area contributed by atoms with Crippen LogP contribution in [0.15, 0.2) is 5.10 Å². The minimum atomic E-state index is -1.08. The maximum absolute atomic E-state index is 13.5. The Morgan fingerprint density at radius 2 is 1.74 bits per heavy atom. The second-order valence-corrected chi connectivity index (χ2v) is 10.7. The van der Waals surface area contributed by atoms with Gasteiger partial charge in [0, 0.05) is 32.2 Å². The highest BCUT2D eigenvalue weighted by Crippen LogP contribution is 2.28. The van der Waals surface area contributed by atoms with Gasteiger partial charge in [0.15, 0.2) is 0 Å². The largest absolute Gasteiger partial charge is 0.465 e. The number of nitrogens with zero attached hydrogens (tertiary/aromatic N) is 3. The van der Waals surface area contributed by atoms with Crippen molar-refractivity contribution in [3.63, 3.8) is 0 Å². The van der Waals surface area contributed by atoms with E-state index in [1.165, 1.54) is 11.3 Å². The topological polar surface area (TPSA) is 158 Å². The van der Waals surface area contributed by atoms with Crippen LogP contribution < -0.4 is 21.8 Å². The van der Waals surface area contributed by atoms with E-state index < -0.39 is 23.9 Å². The molecule has 3 aliphatic rings. The fraction of sp³-hybridized carbons (Fsp3) is 0.808. The van der Waals surface area contributed by atoms with Gasteiger partial charge in [-0.05, 0) is 57.3 Å². The Labute approximate surface area is 225 Å². The van der Waals surface area contributed by atoms with Gasteiger partial charge < -0.3 is 36.3 Å². The van der Waals surface area contributed by atoms with Gasteiger partial charge in [0.1, 0.15) is 18.9 Å². The highest BCUT2D eigenvalue weighted by Gasteiger charge is 2.38. The molecule has 0 spiro atoms. The SMILES string of the molecule is CCOC(=O)CN(C(=O)[C@H](CC(=O)NC[C@@H]1CCCN(C=NN)C1)NC(=O)NCC1CCCCC1)C1CC1. The molecule has 38 heavy (non-hydrogen) atoms. The zero-order chi connectivity index (χ0) is 27.3. The lowest BCUT2D eigenvalue weighted by atomic mass is 9.89. The van der Waals surface area contributed by atoms with Crippen LogP contribution in [0.1, 0.15) is 71.1 Å². The van der Waals surface area contributed by atoms with Crippen molar-refractivity contribution >= 4 is 30.2 Å². The number of nitrogens with two attached hydrogens (primary N) is 1. The quantitative estimate of drug-likeness (QED) is 0.0897. The minimum Gasteiger partial charge on any atom is -0.465 e. The normalized spacial score (nSPS) is 21.0. The van der Waals surface area contributed by atoms with E-state index in [0.29, 0.717) is 19.0 Å². The number of nitrogens with one attached hydrogen (secondary N) is 3. The van der Waals surface area contributed by atoms with Crippen LogP contribution in [0.3, 0.4) is 0 Å². The van der Waals surface area contributed by atoms with Crippen molar-refractivity contribution in [1.29, 1.82) is 0 Å². The number of esters is 1. The summed E-state index contributed by atoms with van der Waals surface area (Å²) in [5, 5.41) is 12.1. The molecule has 1 heterocycles. The lowest BCUT2D eigenvalue weighted by Crippen LogP contribution is -2.55. The number of piperidine rings is 1. The second kappa shape index (κ2) is 15.4. The first-order valence-corrected chi connectivity index (χ1v) is 14.1. The molecule has 3 rings (SSSR count). The third kappa shape index (κ3) is 10.0. The fourth-order valence-corrected chi connectivity index (χ4v) is 5.34. The van der Waals surface area contributed by atoms with Crippen LogP contribution in [0, 0.1) is 11.8 Å². The van der Waals surface area contributed by atoms with Crippen molar-refractivity contribution in [2.24, 2.45) is 22.8 Å². The molecule has 4 amide bonds. The monoisotopic (exact) mass is 535 g/mol. The van der Waals surface area contributed by atoms with Crippen molar-refractivity contribution in [3.05, 3.63) is 0 Å². The predicted octanol–water partition coefficient (Wildman–Crippen LogP) is 0.909. The number of hydrazone groups is 1. The molecule has 0 bridgehead atoms. The average Bonchev–Trinajstić information content (AvgIpc) is 3.75. The molecule has 3 fully saturated rings. The Bertz CT molecular complexity index is 829. The third-order valence-corrected chi connectivity index (χ3v) is 7.51. The zero-order valence-electron chi connectivity index (χ0n) is 22.7. The molecule has 5 N–H and O–H groups in total. The van der Waals surface area contributed by atoms with Gasteiger partial charge in [-0.25, -0.2) is 4.79 Å². The Morgan fingerprint density at radius 3 is 2.42 bits per heavy atom. The highest BCUT2D eigenvalue weighted by atomic mass is 16.5. The van der Waals surface area contributed by atoms with Crippen LogP contribution >= 0.6 is 0 Å². The van der Waals surface area contributed by atoms with E-state index in [1.807, 2.05) is 4.90 Å². The van der Waals surface area contributed by atoms with Gasteiger partial charge >= 0.3 is 12.0 Å². The molecular weight excluding hydrogens is 490 g/mol. The number of ether oxygens (including phenoxy) is 1. The van der Waals surface area contributed by atoms with E-state index in [9.17, 15) is 19.2 Å². The summed E-state index contributed by atoms with van der Waals surface area (Å²) in [7, 11) is 0. The Kier molecular flexibility index (Phi) is 11.9. The summed E-state index contributed by atoms with van der Waals surface area (Å²) in [5.41, 5.74) is 0. The molecule has 0 aromatic rings. The van der Waals surface area contributed by atoms with Gasteiger partial charge in [-0.3, -0.25) is 14.4 Å². The molecule has 2 saturated carbocycles. The van der Waals surface area contributed by atoms with Crippen LogP contribution in [-0.2, 0) is 19.1 Å². The van der Waals surface area contributed by atoms with Crippen molar-refractivity contribution in [1.82, 2.24) is 25.8 Å². The summed E-state index contributed by atoms with van der Waals surface area (Å²) in [5.74, 6) is 4.66. The van der Waals surface area contributed by atoms with Crippen molar-refractivity contribution < 1.29 is 23.9 Å². The molecule has 0 radical (unpaired) electrons. The number of hydrogen-bond acceptors (Lipinski definition) is 7. The summed E-state index contributed by atoms with van der Waals surface area (Å²) in [6.07, 6.45) is 10.6. The predicted molar refractivity (Wildman–Crippen MR) is 143 cm³/mol. The number of carbonyl (C=O) groups is 4. The highest BCUT2D eigenvalue weighted by molar-refractivity contribution is 5.93. The van der Waals surface area contributed by atoms with Crippen molar-refractivity contribution in [2.75, 3.05) is 39.3 Å². The van der Waals surface area contributed by atoms with Gasteiger partial charge in [0.25, 0.3) is 0 Å². The minimum absolute atomic E-state index is 0.0815. The van der Waals surface area contributed by atoms with E-state index >= 15 is 0 Å². The number of rotatable bonds is 13.